The molecule has 1 heterocycles. The SMILES string of the molecule is Cc1cc(Nc2nc(Nc3ccccc3)nc(Nc3ccc(Nc4ccc(N=Nc5ccc(S(=O)(=O)O)cc5)cc4S(=O)(=O)O)c(C)c3)n2)ccc1Nc1ccc(N=Nc2ccc(S(=O)(=O)O)cc2)cc1S(=O)(=O)O. The molecular weight excluding hydrogens is 1050 g/mol. The number of aryl methyl sites for hydroxylation is 2. The van der Waals surface area contributed by atoms with Crippen molar-refractivity contribution in [2.75, 3.05) is 26.6 Å². The summed E-state index contributed by atoms with van der Waals surface area (Å²) in [4.78, 5) is 12.0. The van der Waals surface area contributed by atoms with Crippen LogP contribution in [0.2, 0.25) is 0 Å². The Bertz CT molecular complexity index is 3770. The van der Waals surface area contributed by atoms with Crippen molar-refractivity contribution in [3.8, 4) is 0 Å². The van der Waals surface area contributed by atoms with Gasteiger partial charge in [0.25, 0.3) is 40.5 Å². The fourth-order valence-electron chi connectivity index (χ4n) is 6.89. The number of azo groups is 2. The number of aromatic nitrogens is 3. The van der Waals surface area contributed by atoms with E-state index in [1.165, 1.54) is 48.5 Å². The van der Waals surface area contributed by atoms with E-state index in [0.717, 1.165) is 36.4 Å². The van der Waals surface area contributed by atoms with Gasteiger partial charge in [-0.15, -0.1) is 0 Å². The molecule has 9 N–H and O–H groups in total. The number of hydrogen-bond donors (Lipinski definition) is 9. The topological polar surface area (TPSA) is 366 Å². The van der Waals surface area contributed by atoms with Crippen molar-refractivity contribution >= 4 is 121 Å². The summed E-state index contributed by atoms with van der Waals surface area (Å²) in [6.45, 7) is 3.51. The number of rotatable bonds is 18. The van der Waals surface area contributed by atoms with Crippen LogP contribution in [0.4, 0.5) is 80.4 Å². The van der Waals surface area contributed by atoms with Gasteiger partial charge in [-0.2, -0.15) is 69.1 Å². The highest BCUT2D eigenvalue weighted by Crippen LogP contribution is 2.35. The van der Waals surface area contributed by atoms with Crippen LogP contribution in [-0.4, -0.2) is 66.8 Å². The average Bonchev–Trinajstić information content (AvgIpc) is 3.34. The molecule has 75 heavy (non-hydrogen) atoms. The molecular formula is C47H40N12O12S4. The predicted molar refractivity (Wildman–Crippen MR) is 278 cm³/mol. The van der Waals surface area contributed by atoms with Crippen LogP contribution in [-0.2, 0) is 40.5 Å². The summed E-state index contributed by atoms with van der Waals surface area (Å²) < 4.78 is 134. The summed E-state index contributed by atoms with van der Waals surface area (Å²) in [6.07, 6.45) is 0. The summed E-state index contributed by atoms with van der Waals surface area (Å²) in [5, 5.41) is 31.5. The summed E-state index contributed by atoms with van der Waals surface area (Å²) in [5.74, 6) is 0.395. The molecule has 0 aliphatic heterocycles. The maximum absolute atomic E-state index is 12.5. The zero-order chi connectivity index (χ0) is 53.7. The number of hydrogen-bond acceptors (Lipinski definition) is 20. The average molecular weight is 1090 g/mol. The van der Waals surface area contributed by atoms with Crippen LogP contribution in [0.15, 0.2) is 192 Å². The largest absolute Gasteiger partial charge is 0.354 e. The van der Waals surface area contributed by atoms with Crippen LogP contribution < -0.4 is 26.6 Å². The molecule has 0 unspecified atom stereocenters. The van der Waals surface area contributed by atoms with Gasteiger partial charge in [0.05, 0.1) is 43.9 Å². The molecule has 1 aromatic heterocycles. The summed E-state index contributed by atoms with van der Waals surface area (Å²) in [7, 11) is -18.4. The molecule has 0 aliphatic rings. The van der Waals surface area contributed by atoms with Gasteiger partial charge in [0.15, 0.2) is 0 Å². The van der Waals surface area contributed by atoms with Crippen molar-refractivity contribution in [2.45, 2.75) is 33.4 Å². The van der Waals surface area contributed by atoms with Gasteiger partial charge < -0.3 is 26.6 Å². The van der Waals surface area contributed by atoms with Crippen molar-refractivity contribution in [1.82, 2.24) is 15.0 Å². The van der Waals surface area contributed by atoms with E-state index in [-0.39, 0.29) is 61.8 Å². The molecule has 0 bridgehead atoms. The Morgan fingerprint density at radius 3 is 1.03 bits per heavy atom. The smallest absolute Gasteiger partial charge is 0.296 e. The minimum Gasteiger partial charge on any atom is -0.354 e. The minimum atomic E-state index is -4.79. The molecule has 384 valence electrons. The molecule has 7 aromatic carbocycles. The van der Waals surface area contributed by atoms with Crippen LogP contribution in [0.3, 0.4) is 0 Å². The minimum absolute atomic E-state index is 0.0206. The van der Waals surface area contributed by atoms with E-state index < -0.39 is 50.3 Å². The predicted octanol–water partition coefficient (Wildman–Crippen LogP) is 11.0. The molecule has 0 radical (unpaired) electrons. The number of para-hydroxylation sites is 1. The van der Waals surface area contributed by atoms with Gasteiger partial charge in [-0.25, -0.2) is 0 Å². The summed E-state index contributed by atoms with van der Waals surface area (Å²) >= 11 is 0. The van der Waals surface area contributed by atoms with Crippen LogP contribution in [0.5, 0.6) is 0 Å². The highest BCUT2D eigenvalue weighted by Gasteiger charge is 2.20. The van der Waals surface area contributed by atoms with E-state index >= 15 is 0 Å². The van der Waals surface area contributed by atoms with Crippen molar-refractivity contribution in [1.29, 1.82) is 0 Å². The maximum atomic E-state index is 12.5. The molecule has 0 aliphatic carbocycles. The molecule has 8 rings (SSSR count). The Labute approximate surface area is 428 Å². The lowest BCUT2D eigenvalue weighted by Gasteiger charge is -2.16. The molecule has 0 spiro atoms. The molecule has 0 fully saturated rings. The van der Waals surface area contributed by atoms with Crippen molar-refractivity contribution in [3.63, 3.8) is 0 Å². The molecule has 0 saturated heterocycles. The zero-order valence-corrected chi connectivity index (χ0v) is 42.0. The van der Waals surface area contributed by atoms with Gasteiger partial charge in [0.2, 0.25) is 17.8 Å². The molecule has 8 aromatic rings. The first-order valence-corrected chi connectivity index (χ1v) is 27.3. The van der Waals surface area contributed by atoms with Crippen LogP contribution in [0, 0.1) is 13.8 Å². The zero-order valence-electron chi connectivity index (χ0n) is 38.8. The first-order chi connectivity index (χ1) is 35.4. The fourth-order valence-corrected chi connectivity index (χ4v) is 9.18. The van der Waals surface area contributed by atoms with Gasteiger partial charge in [-0.05, 0) is 158 Å². The number of nitrogens with zero attached hydrogens (tertiary/aromatic N) is 7. The third kappa shape index (κ3) is 13.9. The highest BCUT2D eigenvalue weighted by molar-refractivity contribution is 7.86. The highest BCUT2D eigenvalue weighted by atomic mass is 32.2. The second kappa shape index (κ2) is 21.5. The van der Waals surface area contributed by atoms with E-state index in [0.29, 0.717) is 39.6 Å². The Morgan fingerprint density at radius 2 is 0.680 bits per heavy atom. The van der Waals surface area contributed by atoms with Gasteiger partial charge >= 0.3 is 0 Å². The van der Waals surface area contributed by atoms with E-state index in [2.05, 4.69) is 62.0 Å². The van der Waals surface area contributed by atoms with Crippen LogP contribution in [0.25, 0.3) is 0 Å². The van der Waals surface area contributed by atoms with E-state index in [4.69, 9.17) is 0 Å². The van der Waals surface area contributed by atoms with Gasteiger partial charge in [-0.1, -0.05) is 18.2 Å². The van der Waals surface area contributed by atoms with Crippen LogP contribution >= 0.6 is 0 Å². The standard InChI is InChI=1S/C47H40N12O12S4/c1-28-24-33(12-20-39(28)51-41-22-14-35(26-43(41)74(66,67)68)58-56-31-8-16-37(17-9-31)72(60,61)62)49-46-53-45(48-30-6-4-3-5-7-30)54-47(55-46)50-34-13-21-40(29(2)25-34)52-42-23-15-36(27-44(42)75(69,70)71)59-57-32-10-18-38(19-11-32)73(63,64)65/h3-27,51-52H,1-2H3,(H,60,61,62)(H,63,64,65)(H,66,67,68)(H,69,70,71)(H3,48,49,50,53,54,55). The normalized spacial score (nSPS) is 12.2. The Balaban J connectivity index is 0.992. The van der Waals surface area contributed by atoms with E-state index in [1.807, 2.05) is 30.3 Å². The van der Waals surface area contributed by atoms with Crippen molar-refractivity contribution in [2.24, 2.45) is 20.5 Å². The molecule has 0 amide bonds. The van der Waals surface area contributed by atoms with Crippen molar-refractivity contribution < 1.29 is 51.9 Å². The first-order valence-electron chi connectivity index (χ1n) is 21.5. The number of nitrogens with one attached hydrogen (secondary N) is 5. The van der Waals surface area contributed by atoms with E-state index in [9.17, 15) is 51.9 Å². The molecule has 28 heteroatoms. The third-order valence-corrected chi connectivity index (χ3v) is 14.0. The molecule has 0 saturated carbocycles. The lowest BCUT2D eigenvalue weighted by molar-refractivity contribution is 0.481. The summed E-state index contributed by atoms with van der Waals surface area (Å²) in [5.41, 5.74) is 4.47. The second-order valence-corrected chi connectivity index (χ2v) is 21.6. The molecule has 0 atom stereocenters. The van der Waals surface area contributed by atoms with Crippen molar-refractivity contribution in [3.05, 3.63) is 163 Å². The van der Waals surface area contributed by atoms with Gasteiger partial charge in [0.1, 0.15) is 9.79 Å². The van der Waals surface area contributed by atoms with Crippen LogP contribution in [0.1, 0.15) is 11.1 Å². The lowest BCUT2D eigenvalue weighted by atomic mass is 10.1. The molecule has 24 nitrogen and oxygen atoms in total. The number of anilines is 10. The lowest BCUT2D eigenvalue weighted by Crippen LogP contribution is -2.08. The first kappa shape index (κ1) is 52.7. The Kier molecular flexibility index (Phi) is 15.1. The quantitative estimate of drug-likeness (QED) is 0.0285. The summed E-state index contributed by atoms with van der Waals surface area (Å²) in [6, 6.07) is 36.8. The fraction of sp³-hybridized carbons (Fsp3) is 0.0426. The van der Waals surface area contributed by atoms with Gasteiger partial charge in [0, 0.05) is 28.4 Å². The third-order valence-electron chi connectivity index (χ3n) is 10.5. The monoisotopic (exact) mass is 1090 g/mol. The maximum Gasteiger partial charge on any atom is 0.296 e. The number of benzene rings is 7. The Morgan fingerprint density at radius 1 is 0.347 bits per heavy atom. The van der Waals surface area contributed by atoms with Gasteiger partial charge in [-0.3, -0.25) is 18.2 Å². The second-order valence-electron chi connectivity index (χ2n) is 16.0. The Hall–Kier alpha value is -8.61. The van der Waals surface area contributed by atoms with E-state index in [1.54, 1.807) is 50.2 Å².